The van der Waals surface area contributed by atoms with Gasteiger partial charge in [-0.15, -0.1) is 11.3 Å². The third-order valence-corrected chi connectivity index (χ3v) is 4.78. The molecule has 1 aromatic heterocycles. The van der Waals surface area contributed by atoms with E-state index >= 15 is 0 Å². The minimum atomic E-state index is 0.113. The molecule has 0 saturated carbocycles. The smallest absolute Gasteiger partial charge is 0.265 e. The second-order valence-electron chi connectivity index (χ2n) is 5.39. The number of hydrogen-bond acceptors (Lipinski definition) is 4. The number of rotatable bonds is 4. The van der Waals surface area contributed by atoms with E-state index in [1.807, 2.05) is 4.90 Å². The van der Waals surface area contributed by atoms with Crippen LogP contribution in [0.1, 0.15) is 47.8 Å². The van der Waals surface area contributed by atoms with Gasteiger partial charge < -0.3 is 10.6 Å². The summed E-state index contributed by atoms with van der Waals surface area (Å²) in [5, 5.41) is 1.06. The fourth-order valence-electron chi connectivity index (χ4n) is 2.62. The molecule has 2 N–H and O–H groups in total. The van der Waals surface area contributed by atoms with Gasteiger partial charge in [0.15, 0.2) is 0 Å². The van der Waals surface area contributed by atoms with Crippen molar-refractivity contribution < 1.29 is 4.79 Å². The third kappa shape index (κ3) is 3.34. The highest BCUT2D eigenvalue weighted by molar-refractivity contribution is 7.13. The van der Waals surface area contributed by atoms with Crippen molar-refractivity contribution in [2.24, 2.45) is 11.7 Å². The van der Waals surface area contributed by atoms with Gasteiger partial charge in [-0.1, -0.05) is 13.8 Å². The molecule has 0 aliphatic carbocycles. The lowest BCUT2D eigenvalue weighted by Gasteiger charge is -2.37. The van der Waals surface area contributed by atoms with Crippen LogP contribution in [0.25, 0.3) is 0 Å². The summed E-state index contributed by atoms with van der Waals surface area (Å²) >= 11 is 1.53. The fraction of sp³-hybridized carbons (Fsp3) is 0.714. The van der Waals surface area contributed by atoms with Crippen molar-refractivity contribution in [1.29, 1.82) is 0 Å². The van der Waals surface area contributed by atoms with Crippen LogP contribution in [0, 0.1) is 5.92 Å². The number of thiazole rings is 1. The summed E-state index contributed by atoms with van der Waals surface area (Å²) in [6.45, 7) is 5.73. The minimum absolute atomic E-state index is 0.113. The summed E-state index contributed by atoms with van der Waals surface area (Å²) < 4.78 is 0. The Hall–Kier alpha value is -0.940. The molecule has 2 rings (SSSR count). The molecule has 0 radical (unpaired) electrons. The van der Waals surface area contributed by atoms with Crippen molar-refractivity contribution in [1.82, 2.24) is 9.88 Å². The Morgan fingerprint density at radius 3 is 3.11 bits per heavy atom. The Kier molecular flexibility index (Phi) is 4.93. The van der Waals surface area contributed by atoms with Crippen molar-refractivity contribution in [2.45, 2.75) is 45.6 Å². The van der Waals surface area contributed by atoms with Crippen LogP contribution in [0.2, 0.25) is 0 Å². The van der Waals surface area contributed by atoms with Crippen molar-refractivity contribution in [3.05, 3.63) is 16.1 Å². The average molecular weight is 281 g/mol. The molecule has 5 heteroatoms. The third-order valence-electron chi connectivity index (χ3n) is 3.74. The molecule has 1 aliphatic rings. The second-order valence-corrected chi connectivity index (χ2v) is 6.50. The molecule has 4 nitrogen and oxygen atoms in total. The van der Waals surface area contributed by atoms with Gasteiger partial charge in [-0.3, -0.25) is 4.79 Å². The van der Waals surface area contributed by atoms with E-state index in [9.17, 15) is 4.79 Å². The molecule has 1 saturated heterocycles. The molecule has 19 heavy (non-hydrogen) atoms. The van der Waals surface area contributed by atoms with Crippen molar-refractivity contribution in [3.63, 3.8) is 0 Å². The maximum atomic E-state index is 12.5. The summed E-state index contributed by atoms with van der Waals surface area (Å²) in [7, 11) is 0. The number of carbonyl (C=O) groups is 1. The molecule has 0 bridgehead atoms. The normalized spacial score (nSPS) is 23.6. The van der Waals surface area contributed by atoms with E-state index in [-0.39, 0.29) is 11.9 Å². The van der Waals surface area contributed by atoms with Gasteiger partial charge in [0.25, 0.3) is 5.91 Å². The predicted molar refractivity (Wildman–Crippen MR) is 78.4 cm³/mol. The zero-order chi connectivity index (χ0) is 13.8. The van der Waals surface area contributed by atoms with E-state index in [2.05, 4.69) is 18.8 Å². The van der Waals surface area contributed by atoms with Gasteiger partial charge in [0.1, 0.15) is 4.88 Å². The Balaban J connectivity index is 2.08. The number of nitrogens with zero attached hydrogens (tertiary/aromatic N) is 2. The zero-order valence-electron chi connectivity index (χ0n) is 11.8. The van der Waals surface area contributed by atoms with Gasteiger partial charge in [-0.2, -0.15) is 0 Å². The fourth-order valence-corrected chi connectivity index (χ4v) is 3.60. The standard InChI is InChI=1S/C14H23N3OS/c1-3-4-13-16-9-12(19-13)14(18)17-6-5-10(2)7-11(17)8-15/h9-11H,3-8,15H2,1-2H3. The van der Waals surface area contributed by atoms with Gasteiger partial charge in [0.05, 0.1) is 11.2 Å². The minimum Gasteiger partial charge on any atom is -0.334 e. The van der Waals surface area contributed by atoms with Crippen LogP contribution < -0.4 is 5.73 Å². The molecule has 0 aromatic carbocycles. The van der Waals surface area contributed by atoms with Crippen LogP contribution in [0.3, 0.4) is 0 Å². The highest BCUT2D eigenvalue weighted by Gasteiger charge is 2.30. The monoisotopic (exact) mass is 281 g/mol. The highest BCUT2D eigenvalue weighted by atomic mass is 32.1. The molecule has 1 aliphatic heterocycles. The predicted octanol–water partition coefficient (Wildman–Crippen LogP) is 2.30. The molecule has 2 heterocycles. The van der Waals surface area contributed by atoms with Crippen LogP contribution >= 0.6 is 11.3 Å². The van der Waals surface area contributed by atoms with Crippen LogP contribution in [0.15, 0.2) is 6.20 Å². The first-order valence-corrected chi connectivity index (χ1v) is 7.93. The summed E-state index contributed by atoms with van der Waals surface area (Å²) in [6, 6.07) is 0.188. The number of likely N-dealkylation sites (tertiary alicyclic amines) is 1. The second kappa shape index (κ2) is 6.48. The number of nitrogens with two attached hydrogens (primary N) is 1. The Morgan fingerprint density at radius 2 is 2.42 bits per heavy atom. The van der Waals surface area contributed by atoms with Gasteiger partial charge >= 0.3 is 0 Å². The van der Waals surface area contributed by atoms with Crippen LogP contribution in [0.4, 0.5) is 0 Å². The molecule has 1 fully saturated rings. The number of piperidine rings is 1. The first-order valence-electron chi connectivity index (χ1n) is 7.11. The number of amides is 1. The molecular formula is C14H23N3OS. The molecule has 1 aromatic rings. The summed E-state index contributed by atoms with van der Waals surface area (Å²) in [6.07, 6.45) is 5.83. The molecule has 1 amide bonds. The van der Waals surface area contributed by atoms with E-state index in [1.54, 1.807) is 6.20 Å². The average Bonchev–Trinajstić information content (AvgIpc) is 2.87. The van der Waals surface area contributed by atoms with Gasteiger partial charge in [0.2, 0.25) is 0 Å². The molecule has 2 unspecified atom stereocenters. The van der Waals surface area contributed by atoms with E-state index in [4.69, 9.17) is 5.73 Å². The van der Waals surface area contributed by atoms with Crippen LogP contribution in [-0.4, -0.2) is 34.9 Å². The molecular weight excluding hydrogens is 258 g/mol. The summed E-state index contributed by atoms with van der Waals surface area (Å²) in [5.41, 5.74) is 5.82. The lowest BCUT2D eigenvalue weighted by Crippen LogP contribution is -2.49. The van der Waals surface area contributed by atoms with Gasteiger partial charge in [0, 0.05) is 19.1 Å². The molecule has 2 atom stereocenters. The lowest BCUT2D eigenvalue weighted by atomic mass is 9.92. The van der Waals surface area contributed by atoms with Crippen LogP contribution in [-0.2, 0) is 6.42 Å². The van der Waals surface area contributed by atoms with Crippen molar-refractivity contribution in [2.75, 3.05) is 13.1 Å². The maximum absolute atomic E-state index is 12.5. The number of hydrogen-bond donors (Lipinski definition) is 1. The largest absolute Gasteiger partial charge is 0.334 e. The van der Waals surface area contributed by atoms with E-state index in [1.165, 1.54) is 11.3 Å². The van der Waals surface area contributed by atoms with E-state index in [0.717, 1.165) is 42.1 Å². The Labute approximate surface area is 119 Å². The Bertz CT molecular complexity index is 432. The van der Waals surface area contributed by atoms with Crippen molar-refractivity contribution >= 4 is 17.2 Å². The summed E-state index contributed by atoms with van der Waals surface area (Å²) in [4.78, 5) is 19.6. The maximum Gasteiger partial charge on any atom is 0.265 e. The first-order chi connectivity index (χ1) is 9.15. The highest BCUT2D eigenvalue weighted by Crippen LogP contribution is 2.25. The molecule has 106 valence electrons. The lowest BCUT2D eigenvalue weighted by molar-refractivity contribution is 0.0578. The topological polar surface area (TPSA) is 59.2 Å². The summed E-state index contributed by atoms with van der Waals surface area (Å²) in [5.74, 6) is 0.775. The number of aryl methyl sites for hydroxylation is 1. The zero-order valence-corrected chi connectivity index (χ0v) is 12.6. The molecule has 0 spiro atoms. The van der Waals surface area contributed by atoms with Crippen molar-refractivity contribution in [3.8, 4) is 0 Å². The quantitative estimate of drug-likeness (QED) is 0.921. The van der Waals surface area contributed by atoms with E-state index in [0.29, 0.717) is 12.5 Å². The van der Waals surface area contributed by atoms with Crippen LogP contribution in [0.5, 0.6) is 0 Å². The van der Waals surface area contributed by atoms with E-state index < -0.39 is 0 Å². The SMILES string of the molecule is CCCc1ncc(C(=O)N2CCC(C)CC2CN)s1. The number of carbonyl (C=O) groups excluding carboxylic acids is 1. The Morgan fingerprint density at radius 1 is 1.63 bits per heavy atom. The van der Waals surface area contributed by atoms with Gasteiger partial charge in [-0.25, -0.2) is 4.98 Å². The first kappa shape index (κ1) is 14.5. The van der Waals surface area contributed by atoms with Gasteiger partial charge in [-0.05, 0) is 31.6 Å². The number of aromatic nitrogens is 1.